The molecule has 0 atom stereocenters. The molecule has 19 heavy (non-hydrogen) atoms. The van der Waals surface area contributed by atoms with Crippen molar-refractivity contribution in [3.8, 4) is 5.75 Å². The van der Waals surface area contributed by atoms with Gasteiger partial charge in [0.2, 0.25) is 0 Å². The average Bonchev–Trinajstić information content (AvgIpc) is 2.88. The van der Waals surface area contributed by atoms with E-state index in [1.165, 1.54) is 17.3 Å². The monoisotopic (exact) mass is 324 g/mol. The molecule has 0 amide bonds. The summed E-state index contributed by atoms with van der Waals surface area (Å²) in [5, 5.41) is 19.9. The summed E-state index contributed by atoms with van der Waals surface area (Å²) in [4.78, 5) is 10.4. The number of halogens is 1. The van der Waals surface area contributed by atoms with Crippen molar-refractivity contribution in [3.63, 3.8) is 0 Å². The molecule has 1 N–H and O–H groups in total. The maximum absolute atomic E-state index is 10.4. The van der Waals surface area contributed by atoms with Gasteiger partial charge in [-0.1, -0.05) is 0 Å². The van der Waals surface area contributed by atoms with Gasteiger partial charge in [-0.2, -0.15) is 5.10 Å². The van der Waals surface area contributed by atoms with Gasteiger partial charge in [0.15, 0.2) is 6.61 Å². The van der Waals surface area contributed by atoms with Crippen LogP contribution in [0.4, 0.5) is 0 Å². The largest absolute Gasteiger partial charge is 0.481 e. The fourth-order valence-electron chi connectivity index (χ4n) is 1.24. The van der Waals surface area contributed by atoms with E-state index in [1.807, 2.05) is 0 Å². The molecular weight excluding hydrogens is 316 g/mol. The van der Waals surface area contributed by atoms with Crippen LogP contribution in [0.5, 0.6) is 5.75 Å². The lowest BCUT2D eigenvalue weighted by Gasteiger charge is -2.06. The van der Waals surface area contributed by atoms with Crippen molar-refractivity contribution in [3.05, 3.63) is 40.9 Å². The van der Waals surface area contributed by atoms with E-state index >= 15 is 0 Å². The molecule has 0 unspecified atom stereocenters. The third kappa shape index (κ3) is 3.88. The van der Waals surface area contributed by atoms with Crippen LogP contribution in [0.25, 0.3) is 0 Å². The van der Waals surface area contributed by atoms with Gasteiger partial charge >= 0.3 is 5.97 Å². The molecule has 98 valence electrons. The number of carboxylic acid groups (broad SMARTS) is 1. The summed E-state index contributed by atoms with van der Waals surface area (Å²) in [6.45, 7) is -0.382. The third-order valence-electron chi connectivity index (χ3n) is 2.05. The number of aromatic nitrogens is 3. The summed E-state index contributed by atoms with van der Waals surface area (Å²) in [6, 6.07) is 5.20. The lowest BCUT2D eigenvalue weighted by Crippen LogP contribution is -2.09. The number of rotatable bonds is 5. The van der Waals surface area contributed by atoms with E-state index in [9.17, 15) is 4.79 Å². The number of hydrogen-bond acceptors (Lipinski definition) is 5. The quantitative estimate of drug-likeness (QED) is 0.839. The highest BCUT2D eigenvalue weighted by molar-refractivity contribution is 9.10. The van der Waals surface area contributed by atoms with Gasteiger partial charge in [-0.25, -0.2) is 9.47 Å². The Bertz CT molecular complexity index is 598. The second-order valence-corrected chi connectivity index (χ2v) is 4.31. The molecule has 0 aliphatic rings. The molecule has 0 spiro atoms. The van der Waals surface area contributed by atoms with Crippen molar-refractivity contribution < 1.29 is 14.6 Å². The highest BCUT2D eigenvalue weighted by Crippen LogP contribution is 2.25. The van der Waals surface area contributed by atoms with Crippen LogP contribution < -0.4 is 4.74 Å². The molecule has 0 radical (unpaired) electrons. The van der Waals surface area contributed by atoms with E-state index < -0.39 is 5.97 Å². The summed E-state index contributed by atoms with van der Waals surface area (Å²) in [6.07, 6.45) is 4.56. The Hall–Kier alpha value is -2.22. The first-order chi connectivity index (χ1) is 9.15. The van der Waals surface area contributed by atoms with E-state index in [2.05, 4.69) is 31.2 Å². The molecule has 7 nitrogen and oxygen atoms in total. The maximum Gasteiger partial charge on any atom is 0.341 e. The molecule has 2 aromatic rings. The van der Waals surface area contributed by atoms with Gasteiger partial charge in [-0.15, -0.1) is 10.2 Å². The van der Waals surface area contributed by atoms with Crippen molar-refractivity contribution >= 4 is 28.1 Å². The summed E-state index contributed by atoms with van der Waals surface area (Å²) >= 11 is 3.30. The Morgan fingerprint density at radius 1 is 1.47 bits per heavy atom. The van der Waals surface area contributed by atoms with Crippen molar-refractivity contribution in [2.24, 2.45) is 5.10 Å². The van der Waals surface area contributed by atoms with Crippen molar-refractivity contribution in [2.75, 3.05) is 6.61 Å². The second-order valence-electron chi connectivity index (χ2n) is 3.46. The summed E-state index contributed by atoms with van der Waals surface area (Å²) < 4.78 is 7.20. The first-order valence-corrected chi connectivity index (χ1v) is 5.97. The van der Waals surface area contributed by atoms with E-state index in [0.717, 1.165) is 5.56 Å². The maximum atomic E-state index is 10.4. The zero-order valence-corrected chi connectivity index (χ0v) is 11.2. The van der Waals surface area contributed by atoms with Crippen molar-refractivity contribution in [1.82, 2.24) is 14.9 Å². The lowest BCUT2D eigenvalue weighted by molar-refractivity contribution is -0.139. The zero-order valence-electron chi connectivity index (χ0n) is 9.60. The summed E-state index contributed by atoms with van der Waals surface area (Å²) in [7, 11) is 0. The Morgan fingerprint density at radius 3 is 2.84 bits per heavy atom. The van der Waals surface area contributed by atoms with Crippen LogP contribution in [0.3, 0.4) is 0 Å². The molecule has 2 rings (SSSR count). The van der Waals surface area contributed by atoms with Crippen LogP contribution in [0, 0.1) is 0 Å². The molecule has 0 saturated heterocycles. The molecule has 1 aromatic carbocycles. The van der Waals surface area contributed by atoms with E-state index in [-0.39, 0.29) is 6.61 Å². The fourth-order valence-corrected chi connectivity index (χ4v) is 1.75. The van der Waals surface area contributed by atoms with Crippen LogP contribution in [0.1, 0.15) is 5.56 Å². The number of nitrogens with zero attached hydrogens (tertiary/aromatic N) is 4. The number of benzene rings is 1. The Kier molecular flexibility index (Phi) is 4.24. The molecule has 8 heteroatoms. The predicted molar refractivity (Wildman–Crippen MR) is 70.3 cm³/mol. The van der Waals surface area contributed by atoms with Crippen molar-refractivity contribution in [1.29, 1.82) is 0 Å². The highest BCUT2D eigenvalue weighted by atomic mass is 79.9. The topological polar surface area (TPSA) is 89.6 Å². The number of ether oxygens (including phenoxy) is 1. The molecule has 0 bridgehead atoms. The van der Waals surface area contributed by atoms with Gasteiger partial charge < -0.3 is 9.84 Å². The summed E-state index contributed by atoms with van der Waals surface area (Å²) in [5.41, 5.74) is 0.822. The molecular formula is C11H9BrN4O3. The van der Waals surface area contributed by atoms with Gasteiger partial charge in [0.1, 0.15) is 18.4 Å². The predicted octanol–water partition coefficient (Wildman–Crippen LogP) is 1.39. The normalized spacial score (nSPS) is 10.8. The number of hydrogen-bond donors (Lipinski definition) is 1. The highest BCUT2D eigenvalue weighted by Gasteiger charge is 2.04. The van der Waals surface area contributed by atoms with Crippen LogP contribution in [0.2, 0.25) is 0 Å². The molecule has 1 aromatic heterocycles. The van der Waals surface area contributed by atoms with Crippen LogP contribution >= 0.6 is 15.9 Å². The first-order valence-electron chi connectivity index (χ1n) is 5.18. The number of aliphatic carboxylic acids is 1. The Balaban J connectivity index is 2.08. The minimum Gasteiger partial charge on any atom is -0.481 e. The lowest BCUT2D eigenvalue weighted by atomic mass is 10.2. The number of carbonyl (C=O) groups is 1. The SMILES string of the molecule is O=C(O)COc1ccc(C=Nn2cnnc2)cc1Br. The molecule has 0 aliphatic carbocycles. The van der Waals surface area contributed by atoms with Gasteiger partial charge in [0.25, 0.3) is 0 Å². The van der Waals surface area contributed by atoms with E-state index in [1.54, 1.807) is 24.4 Å². The van der Waals surface area contributed by atoms with Gasteiger partial charge in [0, 0.05) is 0 Å². The minimum absolute atomic E-state index is 0.382. The third-order valence-corrected chi connectivity index (χ3v) is 2.67. The molecule has 0 fully saturated rings. The minimum atomic E-state index is -1.02. The van der Waals surface area contributed by atoms with Crippen LogP contribution in [-0.2, 0) is 4.79 Å². The zero-order chi connectivity index (χ0) is 13.7. The Morgan fingerprint density at radius 2 is 2.21 bits per heavy atom. The smallest absolute Gasteiger partial charge is 0.341 e. The van der Waals surface area contributed by atoms with Crippen LogP contribution in [-0.4, -0.2) is 38.8 Å². The first kappa shape index (κ1) is 13.2. The van der Waals surface area contributed by atoms with Crippen LogP contribution in [0.15, 0.2) is 40.4 Å². The van der Waals surface area contributed by atoms with Gasteiger partial charge in [-0.05, 0) is 39.7 Å². The average molecular weight is 325 g/mol. The standard InChI is InChI=1S/C11H9BrN4O3/c12-9-3-8(4-15-16-6-13-14-7-16)1-2-10(9)19-5-11(17)18/h1-4,6-7H,5H2,(H,17,18). The van der Waals surface area contributed by atoms with E-state index in [4.69, 9.17) is 9.84 Å². The van der Waals surface area contributed by atoms with E-state index in [0.29, 0.717) is 10.2 Å². The number of carboxylic acids is 1. The second kappa shape index (κ2) is 6.10. The molecule has 1 heterocycles. The Labute approximate surface area is 116 Å². The fraction of sp³-hybridized carbons (Fsp3) is 0.0909. The van der Waals surface area contributed by atoms with Crippen molar-refractivity contribution in [2.45, 2.75) is 0 Å². The van der Waals surface area contributed by atoms with Gasteiger partial charge in [-0.3, -0.25) is 0 Å². The molecule has 0 saturated carbocycles. The molecule has 0 aliphatic heterocycles. The summed E-state index contributed by atoms with van der Waals surface area (Å²) in [5.74, 6) is -0.561. The van der Waals surface area contributed by atoms with Gasteiger partial charge in [0.05, 0.1) is 10.7 Å².